The number of aromatic nitrogens is 1. The molecule has 5 nitrogen and oxygen atoms in total. The largest absolute Gasteiger partial charge is 0.478 e. The number of carbonyl (C=O) groups excluding carboxylic acids is 1. The van der Waals surface area contributed by atoms with E-state index in [4.69, 9.17) is 5.11 Å². The molecule has 0 bridgehead atoms. The summed E-state index contributed by atoms with van der Waals surface area (Å²) in [6.07, 6.45) is 1.82. The molecule has 1 heterocycles. The van der Waals surface area contributed by atoms with E-state index < -0.39 is 5.97 Å². The zero-order valence-electron chi connectivity index (χ0n) is 14.0. The number of carboxylic acid groups (broad SMARTS) is 1. The van der Waals surface area contributed by atoms with Crippen LogP contribution in [0.2, 0.25) is 0 Å². The zero-order valence-corrected chi connectivity index (χ0v) is 14.0. The molecule has 1 amide bonds. The number of aryl methyl sites for hydroxylation is 2. The number of carboxylic acids is 1. The van der Waals surface area contributed by atoms with Crippen LogP contribution in [0.15, 0.2) is 60.8 Å². The van der Waals surface area contributed by atoms with Crippen LogP contribution in [0.3, 0.4) is 0 Å². The van der Waals surface area contributed by atoms with Crippen LogP contribution in [0.1, 0.15) is 26.4 Å². The summed E-state index contributed by atoms with van der Waals surface area (Å²) < 4.78 is 1.76. The van der Waals surface area contributed by atoms with E-state index in [1.165, 1.54) is 0 Å². The molecule has 0 radical (unpaired) electrons. The summed E-state index contributed by atoms with van der Waals surface area (Å²) in [6.45, 7) is 1.98. The van der Waals surface area contributed by atoms with E-state index in [2.05, 4.69) is 5.32 Å². The molecule has 25 heavy (non-hydrogen) atoms. The Balaban J connectivity index is 1.89. The highest BCUT2D eigenvalue weighted by Gasteiger charge is 2.11. The highest BCUT2D eigenvalue weighted by atomic mass is 16.4. The second kappa shape index (κ2) is 6.65. The molecular formula is C20H18N2O3. The third kappa shape index (κ3) is 3.45. The maximum Gasteiger partial charge on any atom is 0.335 e. The molecule has 0 fully saturated rings. The SMILES string of the molecule is Cc1ccc(NC(=O)c2cccn2C)cc1-c1ccc(C(=O)O)cc1. The van der Waals surface area contributed by atoms with Crippen molar-refractivity contribution in [3.8, 4) is 11.1 Å². The Hall–Kier alpha value is -3.34. The number of carbonyl (C=O) groups is 2. The Morgan fingerprint density at radius 3 is 2.36 bits per heavy atom. The molecule has 5 heteroatoms. The molecule has 0 aliphatic carbocycles. The van der Waals surface area contributed by atoms with Gasteiger partial charge in [-0.05, 0) is 60.0 Å². The smallest absolute Gasteiger partial charge is 0.335 e. The van der Waals surface area contributed by atoms with Crippen molar-refractivity contribution < 1.29 is 14.7 Å². The van der Waals surface area contributed by atoms with Gasteiger partial charge in [-0.1, -0.05) is 18.2 Å². The van der Waals surface area contributed by atoms with Crippen molar-refractivity contribution in [2.45, 2.75) is 6.92 Å². The summed E-state index contributed by atoms with van der Waals surface area (Å²) in [6, 6.07) is 16.0. The molecule has 3 rings (SSSR count). The number of aromatic carboxylic acids is 1. The summed E-state index contributed by atoms with van der Waals surface area (Å²) in [7, 11) is 1.82. The van der Waals surface area contributed by atoms with Gasteiger partial charge in [0, 0.05) is 18.9 Å². The molecule has 0 spiro atoms. The molecule has 1 aromatic heterocycles. The van der Waals surface area contributed by atoms with Crippen molar-refractivity contribution in [1.29, 1.82) is 0 Å². The van der Waals surface area contributed by atoms with Gasteiger partial charge in [0.15, 0.2) is 0 Å². The van der Waals surface area contributed by atoms with Gasteiger partial charge in [0.1, 0.15) is 5.69 Å². The van der Waals surface area contributed by atoms with E-state index in [1.54, 1.807) is 34.9 Å². The number of amides is 1. The van der Waals surface area contributed by atoms with Gasteiger partial charge in [-0.25, -0.2) is 4.79 Å². The van der Waals surface area contributed by atoms with Gasteiger partial charge in [-0.15, -0.1) is 0 Å². The third-order valence-corrected chi connectivity index (χ3v) is 4.11. The van der Waals surface area contributed by atoms with Crippen LogP contribution in [0, 0.1) is 6.92 Å². The fraction of sp³-hybridized carbons (Fsp3) is 0.100. The molecule has 0 aliphatic rings. The molecule has 0 saturated heterocycles. The third-order valence-electron chi connectivity index (χ3n) is 4.11. The predicted molar refractivity (Wildman–Crippen MR) is 96.9 cm³/mol. The molecule has 3 aromatic rings. The second-order valence-electron chi connectivity index (χ2n) is 5.87. The standard InChI is InChI=1S/C20H18N2O3/c1-13-5-10-16(21-19(23)18-4-3-11-22(18)2)12-17(13)14-6-8-15(9-7-14)20(24)25/h3-12H,1-2H3,(H,21,23)(H,24,25). The van der Waals surface area contributed by atoms with Crippen molar-refractivity contribution >= 4 is 17.6 Å². The first-order valence-corrected chi connectivity index (χ1v) is 7.83. The minimum absolute atomic E-state index is 0.177. The second-order valence-corrected chi connectivity index (χ2v) is 5.87. The summed E-state index contributed by atoms with van der Waals surface area (Å²) >= 11 is 0. The molecule has 0 saturated carbocycles. The van der Waals surface area contributed by atoms with E-state index >= 15 is 0 Å². The summed E-state index contributed by atoms with van der Waals surface area (Å²) in [5.74, 6) is -1.13. The number of anilines is 1. The van der Waals surface area contributed by atoms with Gasteiger partial charge < -0.3 is 15.0 Å². The van der Waals surface area contributed by atoms with Gasteiger partial charge in [-0.3, -0.25) is 4.79 Å². The van der Waals surface area contributed by atoms with Gasteiger partial charge in [0.2, 0.25) is 0 Å². The van der Waals surface area contributed by atoms with Crippen LogP contribution in [-0.4, -0.2) is 21.6 Å². The molecule has 126 valence electrons. The molecule has 0 unspecified atom stereocenters. The number of benzene rings is 2. The van der Waals surface area contributed by atoms with Crippen molar-refractivity contribution in [2.75, 3.05) is 5.32 Å². The van der Waals surface area contributed by atoms with Crippen LogP contribution in [0.4, 0.5) is 5.69 Å². The Bertz CT molecular complexity index is 940. The van der Waals surface area contributed by atoms with Crippen LogP contribution in [0.25, 0.3) is 11.1 Å². The Morgan fingerprint density at radius 2 is 1.76 bits per heavy atom. The van der Waals surface area contributed by atoms with E-state index in [0.717, 1.165) is 16.7 Å². The Morgan fingerprint density at radius 1 is 1.04 bits per heavy atom. The summed E-state index contributed by atoms with van der Waals surface area (Å²) in [5, 5.41) is 11.9. The zero-order chi connectivity index (χ0) is 18.0. The van der Waals surface area contributed by atoms with Gasteiger partial charge in [0.25, 0.3) is 5.91 Å². The predicted octanol–water partition coefficient (Wildman–Crippen LogP) is 3.95. The lowest BCUT2D eigenvalue weighted by molar-refractivity contribution is 0.0696. The number of nitrogens with zero attached hydrogens (tertiary/aromatic N) is 1. The van der Waals surface area contributed by atoms with Gasteiger partial charge >= 0.3 is 5.97 Å². The molecular weight excluding hydrogens is 316 g/mol. The maximum atomic E-state index is 12.4. The summed E-state index contributed by atoms with van der Waals surface area (Å²) in [5.41, 5.74) is 4.40. The van der Waals surface area contributed by atoms with E-state index in [9.17, 15) is 9.59 Å². The minimum atomic E-state index is -0.952. The highest BCUT2D eigenvalue weighted by Crippen LogP contribution is 2.27. The lowest BCUT2D eigenvalue weighted by Crippen LogP contribution is -2.15. The maximum absolute atomic E-state index is 12.4. The quantitative estimate of drug-likeness (QED) is 0.759. The molecule has 0 atom stereocenters. The average Bonchev–Trinajstić information content (AvgIpc) is 3.03. The number of hydrogen-bond acceptors (Lipinski definition) is 2. The number of hydrogen-bond donors (Lipinski definition) is 2. The fourth-order valence-electron chi connectivity index (χ4n) is 2.70. The Labute approximate surface area is 145 Å². The van der Waals surface area contributed by atoms with Crippen LogP contribution < -0.4 is 5.32 Å². The van der Waals surface area contributed by atoms with E-state index in [0.29, 0.717) is 11.4 Å². The first-order chi connectivity index (χ1) is 12.0. The lowest BCUT2D eigenvalue weighted by atomic mass is 9.99. The molecule has 2 aromatic carbocycles. The average molecular weight is 334 g/mol. The first-order valence-electron chi connectivity index (χ1n) is 7.83. The van der Waals surface area contributed by atoms with E-state index in [1.807, 2.05) is 44.4 Å². The van der Waals surface area contributed by atoms with Crippen molar-refractivity contribution in [3.05, 3.63) is 77.6 Å². The lowest BCUT2D eigenvalue weighted by Gasteiger charge is -2.11. The minimum Gasteiger partial charge on any atom is -0.478 e. The molecule has 0 aliphatic heterocycles. The van der Waals surface area contributed by atoms with Crippen LogP contribution in [0.5, 0.6) is 0 Å². The van der Waals surface area contributed by atoms with E-state index in [-0.39, 0.29) is 11.5 Å². The Kier molecular flexibility index (Phi) is 4.39. The number of rotatable bonds is 4. The van der Waals surface area contributed by atoms with Crippen molar-refractivity contribution in [3.63, 3.8) is 0 Å². The monoisotopic (exact) mass is 334 g/mol. The van der Waals surface area contributed by atoms with Gasteiger partial charge in [-0.2, -0.15) is 0 Å². The van der Waals surface area contributed by atoms with Crippen molar-refractivity contribution in [2.24, 2.45) is 7.05 Å². The highest BCUT2D eigenvalue weighted by molar-refractivity contribution is 6.03. The molecule has 2 N–H and O–H groups in total. The van der Waals surface area contributed by atoms with Crippen LogP contribution in [-0.2, 0) is 7.05 Å². The summed E-state index contributed by atoms with van der Waals surface area (Å²) in [4.78, 5) is 23.3. The van der Waals surface area contributed by atoms with Crippen LogP contribution >= 0.6 is 0 Å². The fourth-order valence-corrected chi connectivity index (χ4v) is 2.70. The topological polar surface area (TPSA) is 71.3 Å². The first kappa shape index (κ1) is 16.5. The number of nitrogens with one attached hydrogen (secondary N) is 1. The van der Waals surface area contributed by atoms with Crippen molar-refractivity contribution in [1.82, 2.24) is 4.57 Å². The normalized spacial score (nSPS) is 10.5. The van der Waals surface area contributed by atoms with Gasteiger partial charge in [0.05, 0.1) is 5.56 Å².